The Morgan fingerprint density at radius 1 is 1.12 bits per heavy atom. The van der Waals surface area contributed by atoms with Crippen LogP contribution in [0.15, 0.2) is 24.3 Å². The van der Waals surface area contributed by atoms with Crippen LogP contribution in [0.25, 0.3) is 0 Å². The molecule has 0 fully saturated rings. The summed E-state index contributed by atoms with van der Waals surface area (Å²) in [5.41, 5.74) is 0.292. The minimum Gasteiger partial charge on any atom is -0.488 e. The summed E-state index contributed by atoms with van der Waals surface area (Å²) in [5.74, 6) is -3.04. The lowest BCUT2D eigenvalue weighted by Gasteiger charge is -2.22. The van der Waals surface area contributed by atoms with Crippen molar-refractivity contribution in [1.82, 2.24) is 4.90 Å². The lowest BCUT2D eigenvalue weighted by atomic mass is 10.1. The summed E-state index contributed by atoms with van der Waals surface area (Å²) in [5, 5.41) is 8.66. The molecule has 0 bridgehead atoms. The molecular weight excluding hydrogens is 327 g/mol. The van der Waals surface area contributed by atoms with Gasteiger partial charge in [0.2, 0.25) is 0 Å². The summed E-state index contributed by atoms with van der Waals surface area (Å²) in [4.78, 5) is 22.2. The van der Waals surface area contributed by atoms with E-state index in [1.165, 1.54) is 0 Å². The molecule has 134 valence electrons. The Morgan fingerprint density at radius 2 is 1.67 bits per heavy atom. The highest BCUT2D eigenvalue weighted by atomic mass is 19.4. The van der Waals surface area contributed by atoms with Crippen LogP contribution in [0, 0.1) is 0 Å². The molecule has 0 aromatic heterocycles. The van der Waals surface area contributed by atoms with E-state index in [0.29, 0.717) is 11.3 Å². The van der Waals surface area contributed by atoms with Crippen LogP contribution in [0.3, 0.4) is 0 Å². The van der Waals surface area contributed by atoms with Gasteiger partial charge in [0, 0.05) is 6.54 Å². The van der Waals surface area contributed by atoms with Gasteiger partial charge in [-0.15, -0.1) is 0 Å². The highest BCUT2D eigenvalue weighted by Crippen LogP contribution is 2.20. The molecule has 5 nitrogen and oxygen atoms in total. The Balaban J connectivity index is 2.73. The van der Waals surface area contributed by atoms with Gasteiger partial charge in [-0.2, -0.15) is 13.2 Å². The molecule has 8 heteroatoms. The first kappa shape index (κ1) is 19.8. The minimum absolute atomic E-state index is 0.102. The molecule has 0 saturated carbocycles. The van der Waals surface area contributed by atoms with Crippen LogP contribution in [0.4, 0.5) is 13.2 Å². The molecule has 0 saturated heterocycles. The van der Waals surface area contributed by atoms with Crippen LogP contribution < -0.4 is 4.74 Å². The maximum absolute atomic E-state index is 12.5. The second kappa shape index (κ2) is 7.55. The van der Waals surface area contributed by atoms with Crippen molar-refractivity contribution in [3.8, 4) is 5.75 Å². The van der Waals surface area contributed by atoms with E-state index < -0.39 is 24.6 Å². The van der Waals surface area contributed by atoms with Gasteiger partial charge in [0.1, 0.15) is 17.9 Å². The van der Waals surface area contributed by atoms with Crippen LogP contribution >= 0.6 is 0 Å². The fourth-order valence-electron chi connectivity index (χ4n) is 1.94. The number of hydrogen-bond acceptors (Lipinski definition) is 3. The summed E-state index contributed by atoms with van der Waals surface area (Å²) in [6.07, 6.45) is -5.00. The molecule has 0 heterocycles. The van der Waals surface area contributed by atoms with Crippen LogP contribution in [-0.4, -0.2) is 46.7 Å². The van der Waals surface area contributed by atoms with Gasteiger partial charge in [0.25, 0.3) is 0 Å². The van der Waals surface area contributed by atoms with E-state index in [4.69, 9.17) is 9.84 Å². The second-order valence-corrected chi connectivity index (χ2v) is 6.23. The van der Waals surface area contributed by atoms with Crippen molar-refractivity contribution >= 4 is 11.9 Å². The van der Waals surface area contributed by atoms with Gasteiger partial charge in [0.05, 0.1) is 0 Å². The largest absolute Gasteiger partial charge is 0.488 e. The van der Waals surface area contributed by atoms with E-state index in [9.17, 15) is 22.8 Å². The first-order valence-corrected chi connectivity index (χ1v) is 7.24. The third kappa shape index (κ3) is 6.89. The number of halogens is 3. The van der Waals surface area contributed by atoms with Gasteiger partial charge < -0.3 is 14.7 Å². The minimum atomic E-state index is -5.10. The van der Waals surface area contributed by atoms with Crippen molar-refractivity contribution < 1.29 is 32.6 Å². The standard InChI is InChI=1S/C16H20F3NO4/c1-15(2,3)24-12-6-4-11(5-7-12)8-9-20(10-13(21)22)14(23)16(17,18)19/h4-7H,8-10H2,1-3H3,(H,21,22). The molecule has 1 aromatic rings. The van der Waals surface area contributed by atoms with Crippen LogP contribution in [0.5, 0.6) is 5.75 Å². The van der Waals surface area contributed by atoms with E-state index >= 15 is 0 Å². The van der Waals surface area contributed by atoms with Gasteiger partial charge in [-0.05, 0) is 44.9 Å². The normalized spacial score (nSPS) is 11.9. The van der Waals surface area contributed by atoms with Crippen molar-refractivity contribution in [3.63, 3.8) is 0 Å². The summed E-state index contributed by atoms with van der Waals surface area (Å²) in [7, 11) is 0. The molecule has 1 amide bonds. The topological polar surface area (TPSA) is 66.8 Å². The van der Waals surface area contributed by atoms with Gasteiger partial charge >= 0.3 is 18.1 Å². The Hall–Kier alpha value is -2.25. The molecule has 0 spiro atoms. The Bertz CT molecular complexity index is 576. The van der Waals surface area contributed by atoms with Gasteiger partial charge in [-0.25, -0.2) is 0 Å². The van der Waals surface area contributed by atoms with Crippen LogP contribution in [0.2, 0.25) is 0 Å². The number of carbonyl (C=O) groups excluding carboxylic acids is 1. The van der Waals surface area contributed by atoms with Gasteiger partial charge in [0.15, 0.2) is 0 Å². The van der Waals surface area contributed by atoms with Crippen molar-refractivity contribution in [3.05, 3.63) is 29.8 Å². The number of amides is 1. The molecule has 0 aliphatic carbocycles. The second-order valence-electron chi connectivity index (χ2n) is 6.23. The number of carbonyl (C=O) groups is 2. The zero-order chi connectivity index (χ0) is 18.5. The highest BCUT2D eigenvalue weighted by Gasteiger charge is 2.42. The van der Waals surface area contributed by atoms with E-state index in [-0.39, 0.29) is 23.5 Å². The molecule has 0 radical (unpaired) electrons. The Morgan fingerprint density at radius 3 is 2.08 bits per heavy atom. The summed E-state index contributed by atoms with van der Waals surface area (Å²) in [6, 6.07) is 6.68. The third-order valence-corrected chi connectivity index (χ3v) is 2.87. The number of nitrogens with zero attached hydrogens (tertiary/aromatic N) is 1. The Labute approximate surface area is 138 Å². The first-order valence-electron chi connectivity index (χ1n) is 7.24. The molecule has 0 unspecified atom stereocenters. The van der Waals surface area contributed by atoms with Crippen molar-refractivity contribution in [2.75, 3.05) is 13.1 Å². The summed E-state index contributed by atoms with van der Waals surface area (Å²) in [6.45, 7) is 4.31. The number of hydrogen-bond donors (Lipinski definition) is 1. The smallest absolute Gasteiger partial charge is 0.471 e. The molecular formula is C16H20F3NO4. The van der Waals surface area contributed by atoms with E-state index in [1.807, 2.05) is 20.8 Å². The molecule has 0 atom stereocenters. The zero-order valence-electron chi connectivity index (χ0n) is 13.7. The summed E-state index contributed by atoms with van der Waals surface area (Å²) >= 11 is 0. The fraction of sp³-hybridized carbons (Fsp3) is 0.500. The maximum Gasteiger partial charge on any atom is 0.471 e. The molecule has 1 rings (SSSR count). The van der Waals surface area contributed by atoms with Crippen LogP contribution in [0.1, 0.15) is 26.3 Å². The van der Waals surface area contributed by atoms with Crippen molar-refractivity contribution in [1.29, 1.82) is 0 Å². The third-order valence-electron chi connectivity index (χ3n) is 2.87. The number of carboxylic acid groups (broad SMARTS) is 1. The number of carboxylic acids is 1. The number of alkyl halides is 3. The van der Waals surface area contributed by atoms with E-state index in [0.717, 1.165) is 0 Å². The number of benzene rings is 1. The molecule has 1 aromatic carbocycles. The predicted molar refractivity (Wildman–Crippen MR) is 80.8 cm³/mol. The Kier molecular flexibility index (Phi) is 6.22. The molecule has 24 heavy (non-hydrogen) atoms. The lowest BCUT2D eigenvalue weighted by molar-refractivity contribution is -0.186. The van der Waals surface area contributed by atoms with Gasteiger partial charge in [-0.3, -0.25) is 9.59 Å². The van der Waals surface area contributed by atoms with E-state index in [2.05, 4.69) is 0 Å². The van der Waals surface area contributed by atoms with Crippen molar-refractivity contribution in [2.24, 2.45) is 0 Å². The predicted octanol–water partition coefficient (Wildman–Crippen LogP) is 2.88. The molecule has 0 aliphatic rings. The SMILES string of the molecule is CC(C)(C)Oc1ccc(CCN(CC(=O)O)C(=O)C(F)(F)F)cc1. The maximum atomic E-state index is 12.5. The van der Waals surface area contributed by atoms with Crippen LogP contribution in [-0.2, 0) is 16.0 Å². The summed E-state index contributed by atoms with van der Waals surface area (Å²) < 4.78 is 43.1. The lowest BCUT2D eigenvalue weighted by Crippen LogP contribution is -2.44. The number of ether oxygens (including phenoxy) is 1. The highest BCUT2D eigenvalue weighted by molar-refractivity contribution is 5.85. The number of aliphatic carboxylic acids is 1. The van der Waals surface area contributed by atoms with Crippen molar-refractivity contribution in [2.45, 2.75) is 39.0 Å². The first-order chi connectivity index (χ1) is 10.9. The van der Waals surface area contributed by atoms with Gasteiger partial charge in [-0.1, -0.05) is 12.1 Å². The quantitative estimate of drug-likeness (QED) is 0.859. The van der Waals surface area contributed by atoms with E-state index in [1.54, 1.807) is 24.3 Å². The monoisotopic (exact) mass is 347 g/mol. The fourth-order valence-corrected chi connectivity index (χ4v) is 1.94. The number of rotatable bonds is 6. The molecule has 0 aliphatic heterocycles. The average Bonchev–Trinajstić information content (AvgIpc) is 2.41. The average molecular weight is 347 g/mol. The zero-order valence-corrected chi connectivity index (χ0v) is 13.7. The molecule has 1 N–H and O–H groups in total.